The number of hydrogen-bond acceptors (Lipinski definition) is 3. The third-order valence-corrected chi connectivity index (χ3v) is 4.99. The van der Waals surface area contributed by atoms with Gasteiger partial charge in [-0.3, -0.25) is 4.90 Å². The van der Waals surface area contributed by atoms with Crippen molar-refractivity contribution < 1.29 is 0 Å². The van der Waals surface area contributed by atoms with Gasteiger partial charge in [0.1, 0.15) is 0 Å². The lowest BCUT2D eigenvalue weighted by Crippen LogP contribution is -2.54. The van der Waals surface area contributed by atoms with Crippen LogP contribution in [0.1, 0.15) is 46.5 Å². The van der Waals surface area contributed by atoms with Crippen molar-refractivity contribution in [3.8, 4) is 0 Å². The second-order valence-electron chi connectivity index (χ2n) is 7.12. The van der Waals surface area contributed by atoms with E-state index in [0.717, 1.165) is 17.9 Å². The summed E-state index contributed by atoms with van der Waals surface area (Å²) in [6, 6.07) is 1.40. The van der Waals surface area contributed by atoms with E-state index in [2.05, 4.69) is 57.0 Å². The molecule has 1 aliphatic rings. The van der Waals surface area contributed by atoms with Gasteiger partial charge >= 0.3 is 0 Å². The summed E-state index contributed by atoms with van der Waals surface area (Å²) in [6.07, 6.45) is 5.36. The van der Waals surface area contributed by atoms with Gasteiger partial charge in [0.15, 0.2) is 0 Å². The zero-order valence-electron chi connectivity index (χ0n) is 14.7. The molecular formula is C17H37N3. The van der Waals surface area contributed by atoms with Crippen LogP contribution in [0.2, 0.25) is 0 Å². The predicted octanol–water partition coefficient (Wildman–Crippen LogP) is 2.67. The molecular weight excluding hydrogens is 246 g/mol. The second-order valence-corrected chi connectivity index (χ2v) is 7.12. The molecule has 1 rings (SSSR count). The Hall–Kier alpha value is -0.120. The third-order valence-electron chi connectivity index (χ3n) is 4.99. The van der Waals surface area contributed by atoms with Crippen LogP contribution in [0, 0.1) is 11.8 Å². The Balaban J connectivity index is 2.70. The maximum absolute atomic E-state index is 3.58. The minimum atomic E-state index is 0.679. The minimum Gasteiger partial charge on any atom is -0.315 e. The Morgan fingerprint density at radius 2 is 1.80 bits per heavy atom. The van der Waals surface area contributed by atoms with Crippen LogP contribution in [0.15, 0.2) is 0 Å². The first-order valence-corrected chi connectivity index (χ1v) is 8.55. The SMILES string of the molecule is CCCN(CCN(C)C)C1CC(C(C)C)CCC1NC. The van der Waals surface area contributed by atoms with Crippen molar-refractivity contribution in [2.45, 2.75) is 58.5 Å². The summed E-state index contributed by atoms with van der Waals surface area (Å²) in [7, 11) is 6.50. The van der Waals surface area contributed by atoms with Gasteiger partial charge in [0, 0.05) is 25.2 Å². The highest BCUT2D eigenvalue weighted by Crippen LogP contribution is 2.32. The van der Waals surface area contributed by atoms with Crippen LogP contribution < -0.4 is 5.32 Å². The summed E-state index contributed by atoms with van der Waals surface area (Å²) in [5.74, 6) is 1.73. The zero-order chi connectivity index (χ0) is 15.1. The molecule has 0 heterocycles. The molecule has 0 amide bonds. The van der Waals surface area contributed by atoms with E-state index >= 15 is 0 Å². The fourth-order valence-corrected chi connectivity index (χ4v) is 3.58. The molecule has 3 unspecified atom stereocenters. The fraction of sp³-hybridized carbons (Fsp3) is 1.00. The van der Waals surface area contributed by atoms with Gasteiger partial charge in [0.05, 0.1) is 0 Å². The van der Waals surface area contributed by atoms with Gasteiger partial charge in [-0.25, -0.2) is 0 Å². The van der Waals surface area contributed by atoms with Gasteiger partial charge in [-0.05, 0) is 65.2 Å². The summed E-state index contributed by atoms with van der Waals surface area (Å²) in [4.78, 5) is 5.05. The van der Waals surface area contributed by atoms with Crippen LogP contribution in [0.5, 0.6) is 0 Å². The standard InChI is InChI=1S/C17H37N3/c1-7-10-20(12-11-19(5)6)17-13-15(14(2)3)8-9-16(17)18-4/h14-18H,7-13H2,1-6H3. The summed E-state index contributed by atoms with van der Waals surface area (Å²) in [5, 5.41) is 3.58. The number of nitrogens with zero attached hydrogens (tertiary/aromatic N) is 2. The average molecular weight is 284 g/mol. The summed E-state index contributed by atoms with van der Waals surface area (Å²) < 4.78 is 0. The lowest BCUT2D eigenvalue weighted by atomic mass is 9.76. The molecule has 1 aliphatic carbocycles. The van der Waals surface area contributed by atoms with Crippen LogP contribution in [0.25, 0.3) is 0 Å². The van der Waals surface area contributed by atoms with Gasteiger partial charge in [-0.2, -0.15) is 0 Å². The molecule has 3 heteroatoms. The Morgan fingerprint density at radius 1 is 1.10 bits per heavy atom. The smallest absolute Gasteiger partial charge is 0.0252 e. The monoisotopic (exact) mass is 283 g/mol. The molecule has 3 nitrogen and oxygen atoms in total. The fourth-order valence-electron chi connectivity index (χ4n) is 3.58. The van der Waals surface area contributed by atoms with Crippen LogP contribution in [-0.2, 0) is 0 Å². The molecule has 0 aromatic heterocycles. The van der Waals surface area contributed by atoms with Crippen molar-refractivity contribution in [1.82, 2.24) is 15.1 Å². The zero-order valence-corrected chi connectivity index (χ0v) is 14.7. The summed E-state index contributed by atoms with van der Waals surface area (Å²) >= 11 is 0. The normalized spacial score (nSPS) is 27.8. The molecule has 0 bridgehead atoms. The first kappa shape index (κ1) is 17.9. The van der Waals surface area contributed by atoms with Crippen LogP contribution in [-0.4, -0.2) is 62.7 Å². The Morgan fingerprint density at radius 3 is 2.30 bits per heavy atom. The maximum atomic E-state index is 3.58. The van der Waals surface area contributed by atoms with Crippen molar-refractivity contribution in [3.63, 3.8) is 0 Å². The maximum Gasteiger partial charge on any atom is 0.0252 e. The molecule has 120 valence electrons. The van der Waals surface area contributed by atoms with Crippen LogP contribution in [0.3, 0.4) is 0 Å². The van der Waals surface area contributed by atoms with E-state index in [-0.39, 0.29) is 0 Å². The van der Waals surface area contributed by atoms with E-state index in [1.165, 1.54) is 45.3 Å². The van der Waals surface area contributed by atoms with E-state index in [1.807, 2.05) is 0 Å². The minimum absolute atomic E-state index is 0.679. The quantitative estimate of drug-likeness (QED) is 0.739. The molecule has 3 atom stereocenters. The van der Waals surface area contributed by atoms with E-state index in [0.29, 0.717) is 6.04 Å². The summed E-state index contributed by atoms with van der Waals surface area (Å²) in [5.41, 5.74) is 0. The molecule has 1 N–H and O–H groups in total. The highest BCUT2D eigenvalue weighted by Gasteiger charge is 2.34. The molecule has 0 aromatic carbocycles. The van der Waals surface area contributed by atoms with E-state index in [9.17, 15) is 0 Å². The van der Waals surface area contributed by atoms with E-state index in [4.69, 9.17) is 0 Å². The molecule has 1 fully saturated rings. The lowest BCUT2D eigenvalue weighted by Gasteiger charge is -2.44. The third kappa shape index (κ3) is 5.34. The number of likely N-dealkylation sites (N-methyl/N-ethyl adjacent to an activating group) is 2. The van der Waals surface area contributed by atoms with Gasteiger partial charge < -0.3 is 10.2 Å². The van der Waals surface area contributed by atoms with Crippen LogP contribution in [0.4, 0.5) is 0 Å². The molecule has 1 saturated carbocycles. The van der Waals surface area contributed by atoms with Crippen molar-refractivity contribution in [3.05, 3.63) is 0 Å². The average Bonchev–Trinajstić information content (AvgIpc) is 2.42. The first-order valence-electron chi connectivity index (χ1n) is 8.55. The van der Waals surface area contributed by atoms with Gasteiger partial charge in [0.25, 0.3) is 0 Å². The van der Waals surface area contributed by atoms with Gasteiger partial charge in [-0.15, -0.1) is 0 Å². The van der Waals surface area contributed by atoms with Crippen molar-refractivity contribution in [2.24, 2.45) is 11.8 Å². The van der Waals surface area contributed by atoms with Gasteiger partial charge in [0.2, 0.25) is 0 Å². The lowest BCUT2D eigenvalue weighted by molar-refractivity contribution is 0.0801. The van der Waals surface area contributed by atoms with Gasteiger partial charge in [-0.1, -0.05) is 20.8 Å². The molecule has 0 radical (unpaired) electrons. The second kappa shape index (κ2) is 9.01. The Kier molecular flexibility index (Phi) is 8.08. The first-order chi connectivity index (χ1) is 9.49. The van der Waals surface area contributed by atoms with Crippen LogP contribution >= 0.6 is 0 Å². The number of hydrogen-bond donors (Lipinski definition) is 1. The Bertz CT molecular complexity index is 253. The van der Waals surface area contributed by atoms with Crippen molar-refractivity contribution in [1.29, 1.82) is 0 Å². The topological polar surface area (TPSA) is 18.5 Å². The number of rotatable bonds is 8. The molecule has 20 heavy (non-hydrogen) atoms. The highest BCUT2D eigenvalue weighted by atomic mass is 15.2. The highest BCUT2D eigenvalue weighted by molar-refractivity contribution is 4.91. The molecule has 0 aromatic rings. The Labute approximate surface area is 127 Å². The molecule has 0 aliphatic heterocycles. The van der Waals surface area contributed by atoms with E-state index in [1.54, 1.807) is 0 Å². The van der Waals surface area contributed by atoms with E-state index < -0.39 is 0 Å². The number of nitrogens with one attached hydrogen (secondary N) is 1. The largest absolute Gasteiger partial charge is 0.315 e. The predicted molar refractivity (Wildman–Crippen MR) is 89.2 cm³/mol. The molecule has 0 spiro atoms. The van der Waals surface area contributed by atoms with Crippen molar-refractivity contribution >= 4 is 0 Å². The van der Waals surface area contributed by atoms with Crippen molar-refractivity contribution in [2.75, 3.05) is 40.8 Å². The molecule has 0 saturated heterocycles. The summed E-state index contributed by atoms with van der Waals surface area (Å²) in [6.45, 7) is 10.7.